The molecule has 11 heteroatoms. The number of benzene rings is 1. The Morgan fingerprint density at radius 1 is 1.21 bits per heavy atom. The average molecular weight is 471 g/mol. The third-order valence-electron chi connectivity index (χ3n) is 6.04. The number of hydrogen-bond acceptors (Lipinski definition) is 6. The molecule has 3 N–H and O–H groups in total. The number of anilines is 1. The summed E-state index contributed by atoms with van der Waals surface area (Å²) in [6.07, 6.45) is 6.30. The Hall–Kier alpha value is -3.34. The molecule has 2 aliphatic rings. The van der Waals surface area contributed by atoms with Gasteiger partial charge in [-0.05, 0) is 55.9 Å². The van der Waals surface area contributed by atoms with E-state index in [-0.39, 0.29) is 17.2 Å². The lowest BCUT2D eigenvalue weighted by Gasteiger charge is -2.33. The van der Waals surface area contributed by atoms with Crippen molar-refractivity contribution < 1.29 is 19.2 Å². The van der Waals surface area contributed by atoms with Crippen molar-refractivity contribution >= 4 is 41.2 Å². The SMILES string of the molecule is CC1CCC2(CC1)NC(=O)N(NC(=O)c1ccc(NC(=O)CSc3nccn3C)cc1)C2=O. The molecule has 4 rings (SSSR count). The first-order chi connectivity index (χ1) is 15.8. The number of imidazole rings is 1. The second-order valence-electron chi connectivity index (χ2n) is 8.51. The van der Waals surface area contributed by atoms with E-state index in [1.54, 1.807) is 24.5 Å². The smallest absolute Gasteiger partial charge is 0.329 e. The molecule has 2 heterocycles. The van der Waals surface area contributed by atoms with Crippen LogP contribution in [0.3, 0.4) is 0 Å². The minimum Gasteiger partial charge on any atom is -0.329 e. The van der Waals surface area contributed by atoms with E-state index in [0.29, 0.717) is 24.4 Å². The molecule has 174 valence electrons. The number of hydrogen-bond donors (Lipinski definition) is 3. The van der Waals surface area contributed by atoms with Gasteiger partial charge in [0, 0.05) is 30.7 Å². The Labute approximate surface area is 195 Å². The van der Waals surface area contributed by atoms with Crippen molar-refractivity contribution in [2.24, 2.45) is 13.0 Å². The van der Waals surface area contributed by atoms with Crippen LogP contribution in [-0.4, -0.2) is 49.6 Å². The van der Waals surface area contributed by atoms with E-state index in [9.17, 15) is 19.2 Å². The van der Waals surface area contributed by atoms with E-state index in [4.69, 9.17) is 0 Å². The average Bonchev–Trinajstić information content (AvgIpc) is 3.31. The number of amides is 5. The van der Waals surface area contributed by atoms with Crippen LogP contribution in [0.25, 0.3) is 0 Å². The number of urea groups is 1. The number of hydrazine groups is 1. The Balaban J connectivity index is 1.32. The molecule has 0 bridgehead atoms. The first-order valence-corrected chi connectivity index (χ1v) is 11.7. The van der Waals surface area contributed by atoms with Gasteiger partial charge in [0.05, 0.1) is 5.75 Å². The molecule has 0 radical (unpaired) electrons. The number of nitrogens with one attached hydrogen (secondary N) is 3. The molecule has 2 aromatic rings. The molecule has 2 fully saturated rings. The van der Waals surface area contributed by atoms with E-state index < -0.39 is 23.4 Å². The van der Waals surface area contributed by atoms with Crippen molar-refractivity contribution in [2.75, 3.05) is 11.1 Å². The highest BCUT2D eigenvalue weighted by atomic mass is 32.2. The predicted molar refractivity (Wildman–Crippen MR) is 122 cm³/mol. The molecule has 5 amide bonds. The summed E-state index contributed by atoms with van der Waals surface area (Å²) in [5.74, 6) is -0.493. The highest BCUT2D eigenvalue weighted by molar-refractivity contribution is 7.99. The number of aromatic nitrogens is 2. The lowest BCUT2D eigenvalue weighted by Crippen LogP contribution is -2.51. The quantitative estimate of drug-likeness (QED) is 0.439. The van der Waals surface area contributed by atoms with Gasteiger partial charge in [0.1, 0.15) is 5.54 Å². The predicted octanol–water partition coefficient (Wildman–Crippen LogP) is 2.30. The standard InChI is InChI=1S/C22H26N6O4S/c1-14-7-9-22(10-8-14)19(31)28(20(32)25-22)26-18(30)15-3-5-16(6-4-15)24-17(29)13-33-21-23-11-12-27(21)2/h3-6,11-12,14H,7-10,13H2,1-2H3,(H,24,29)(H,25,32)(H,26,30). The Morgan fingerprint density at radius 2 is 1.91 bits per heavy atom. The number of thioether (sulfide) groups is 1. The van der Waals surface area contributed by atoms with Gasteiger partial charge in [0.2, 0.25) is 5.91 Å². The lowest BCUT2D eigenvalue weighted by atomic mass is 9.77. The molecule has 1 aliphatic carbocycles. The minimum absolute atomic E-state index is 0.194. The number of rotatable bonds is 6. The van der Waals surface area contributed by atoms with E-state index in [1.807, 2.05) is 11.6 Å². The van der Waals surface area contributed by atoms with Crippen LogP contribution in [0.2, 0.25) is 0 Å². The summed E-state index contributed by atoms with van der Waals surface area (Å²) in [5.41, 5.74) is 2.28. The van der Waals surface area contributed by atoms with Crippen LogP contribution in [0.1, 0.15) is 43.0 Å². The Morgan fingerprint density at radius 3 is 2.55 bits per heavy atom. The molecule has 1 saturated carbocycles. The van der Waals surface area contributed by atoms with Crippen molar-refractivity contribution in [2.45, 2.75) is 43.3 Å². The monoisotopic (exact) mass is 470 g/mol. The molecular weight excluding hydrogens is 444 g/mol. The molecule has 1 saturated heterocycles. The van der Waals surface area contributed by atoms with Crippen molar-refractivity contribution in [3.63, 3.8) is 0 Å². The zero-order chi connectivity index (χ0) is 23.6. The van der Waals surface area contributed by atoms with Crippen LogP contribution < -0.4 is 16.1 Å². The fourth-order valence-corrected chi connectivity index (χ4v) is 4.74. The summed E-state index contributed by atoms with van der Waals surface area (Å²) in [5, 5.41) is 7.05. The van der Waals surface area contributed by atoms with E-state index in [1.165, 1.54) is 23.9 Å². The van der Waals surface area contributed by atoms with Crippen LogP contribution in [0.15, 0.2) is 41.8 Å². The number of aryl methyl sites for hydroxylation is 1. The largest absolute Gasteiger partial charge is 0.344 e. The number of carbonyl (C=O) groups excluding carboxylic acids is 4. The molecule has 1 aliphatic heterocycles. The molecule has 0 unspecified atom stereocenters. The Bertz CT molecular complexity index is 1070. The van der Waals surface area contributed by atoms with Crippen molar-refractivity contribution in [1.29, 1.82) is 0 Å². The summed E-state index contributed by atoms with van der Waals surface area (Å²) in [7, 11) is 1.85. The van der Waals surface area contributed by atoms with E-state index >= 15 is 0 Å². The van der Waals surface area contributed by atoms with Gasteiger partial charge < -0.3 is 15.2 Å². The maximum absolute atomic E-state index is 12.9. The molecule has 1 aromatic heterocycles. The number of nitrogens with zero attached hydrogens (tertiary/aromatic N) is 3. The van der Waals surface area contributed by atoms with Crippen LogP contribution in [0.4, 0.5) is 10.5 Å². The molecular formula is C22H26N6O4S. The number of carbonyl (C=O) groups is 4. The number of imide groups is 1. The second kappa shape index (κ2) is 9.26. The molecule has 33 heavy (non-hydrogen) atoms. The maximum atomic E-state index is 12.9. The first kappa shape index (κ1) is 22.8. The van der Waals surface area contributed by atoms with Crippen LogP contribution in [0.5, 0.6) is 0 Å². The van der Waals surface area contributed by atoms with E-state index in [0.717, 1.165) is 23.0 Å². The van der Waals surface area contributed by atoms with Gasteiger partial charge in [-0.3, -0.25) is 19.8 Å². The van der Waals surface area contributed by atoms with Crippen molar-refractivity contribution in [3.8, 4) is 0 Å². The summed E-state index contributed by atoms with van der Waals surface area (Å²) in [6.45, 7) is 2.12. The first-order valence-electron chi connectivity index (χ1n) is 10.8. The molecule has 1 spiro atoms. The molecule has 10 nitrogen and oxygen atoms in total. The fraction of sp³-hybridized carbons (Fsp3) is 0.409. The lowest BCUT2D eigenvalue weighted by molar-refractivity contribution is -0.134. The van der Waals surface area contributed by atoms with Gasteiger partial charge in [-0.15, -0.1) is 0 Å². The highest BCUT2D eigenvalue weighted by Gasteiger charge is 2.52. The summed E-state index contributed by atoms with van der Waals surface area (Å²) >= 11 is 1.32. The minimum atomic E-state index is -0.919. The zero-order valence-corrected chi connectivity index (χ0v) is 19.3. The summed E-state index contributed by atoms with van der Waals surface area (Å²) in [6, 6.07) is 5.61. The summed E-state index contributed by atoms with van der Waals surface area (Å²) in [4.78, 5) is 54.2. The van der Waals surface area contributed by atoms with E-state index in [2.05, 4.69) is 28.0 Å². The van der Waals surface area contributed by atoms with Crippen LogP contribution >= 0.6 is 11.8 Å². The van der Waals surface area contributed by atoms with Crippen molar-refractivity contribution in [3.05, 3.63) is 42.2 Å². The highest BCUT2D eigenvalue weighted by Crippen LogP contribution is 2.35. The van der Waals surface area contributed by atoms with Gasteiger partial charge in [0.15, 0.2) is 5.16 Å². The third-order valence-corrected chi connectivity index (χ3v) is 7.10. The second-order valence-corrected chi connectivity index (χ2v) is 9.45. The van der Waals surface area contributed by atoms with Gasteiger partial charge in [-0.25, -0.2) is 9.78 Å². The summed E-state index contributed by atoms with van der Waals surface area (Å²) < 4.78 is 1.83. The fourth-order valence-electron chi connectivity index (χ4n) is 4.00. The van der Waals surface area contributed by atoms with Gasteiger partial charge in [-0.1, -0.05) is 18.7 Å². The van der Waals surface area contributed by atoms with Gasteiger partial charge >= 0.3 is 6.03 Å². The van der Waals surface area contributed by atoms with Gasteiger partial charge in [-0.2, -0.15) is 5.01 Å². The Kier molecular flexibility index (Phi) is 6.41. The maximum Gasteiger partial charge on any atom is 0.344 e. The normalized spacial score (nSPS) is 22.4. The molecule has 1 aromatic carbocycles. The van der Waals surface area contributed by atoms with Crippen LogP contribution in [-0.2, 0) is 16.6 Å². The topological polar surface area (TPSA) is 125 Å². The molecule has 0 atom stereocenters. The third kappa shape index (κ3) is 4.87. The van der Waals surface area contributed by atoms with Gasteiger partial charge in [0.25, 0.3) is 11.8 Å². The van der Waals surface area contributed by atoms with Crippen molar-refractivity contribution in [1.82, 2.24) is 25.3 Å². The zero-order valence-electron chi connectivity index (χ0n) is 18.5. The van der Waals surface area contributed by atoms with Crippen LogP contribution in [0, 0.1) is 5.92 Å².